The molecule has 0 radical (unpaired) electrons. The zero-order valence-corrected chi connectivity index (χ0v) is 29.8. The van der Waals surface area contributed by atoms with Gasteiger partial charge in [0.15, 0.2) is 11.7 Å². The molecule has 8 rings (SSSR count). The van der Waals surface area contributed by atoms with E-state index in [0.717, 1.165) is 74.2 Å². The highest BCUT2D eigenvalue weighted by Crippen LogP contribution is 2.83. The standard InChI is InChI=1S/C36H51NO8S2/c1-21(2)34-28(44-34)29-36(45-29)33(3)16-14-24-25(20-41-30(24)39)26(33)19-27-35(36,43-27)31(34)42-32(40)37-17-10-6-4-5-7-11-22(38)12-8-9-13-23-15-18-46-47-23/h21,23,26-29,31H,4-20H2,1-3H3,(H,37,40)/t23?,26-,27-,28-,29-,31+,33-,34-,35+,36+/m0/s1. The first-order valence-corrected chi connectivity index (χ1v) is 20.7. The van der Waals surface area contributed by atoms with Crippen molar-refractivity contribution in [3.05, 3.63) is 11.1 Å². The molecule has 10 atom stereocenters. The van der Waals surface area contributed by atoms with Crippen molar-refractivity contribution < 1.29 is 38.1 Å². The predicted octanol–water partition coefficient (Wildman–Crippen LogP) is 6.46. The van der Waals surface area contributed by atoms with Crippen LogP contribution in [0.2, 0.25) is 0 Å². The Bertz CT molecular complexity index is 1330. The van der Waals surface area contributed by atoms with Gasteiger partial charge >= 0.3 is 12.1 Å². The maximum absolute atomic E-state index is 13.3. The smallest absolute Gasteiger partial charge is 0.407 e. The van der Waals surface area contributed by atoms with E-state index in [1.165, 1.54) is 25.0 Å². The molecule has 11 heteroatoms. The second kappa shape index (κ2) is 12.2. The number of esters is 1. The van der Waals surface area contributed by atoms with Gasteiger partial charge in [0, 0.05) is 41.4 Å². The highest BCUT2D eigenvalue weighted by molar-refractivity contribution is 8.77. The number of ketones is 1. The molecule has 5 aliphatic heterocycles. The maximum atomic E-state index is 13.3. The van der Waals surface area contributed by atoms with Crippen molar-refractivity contribution in [2.45, 2.75) is 157 Å². The van der Waals surface area contributed by atoms with Crippen LogP contribution in [0.25, 0.3) is 0 Å². The van der Waals surface area contributed by atoms with E-state index in [-0.39, 0.29) is 41.5 Å². The van der Waals surface area contributed by atoms with Crippen LogP contribution in [-0.2, 0) is 33.3 Å². The van der Waals surface area contributed by atoms with E-state index in [1.54, 1.807) is 0 Å². The molecule has 3 aliphatic carbocycles. The number of Topliss-reactive ketones (excluding diaryl/α,β-unsaturated/α-hetero) is 1. The molecule has 0 aromatic heterocycles. The first-order chi connectivity index (χ1) is 22.7. The van der Waals surface area contributed by atoms with Crippen LogP contribution in [0.5, 0.6) is 0 Å². The monoisotopic (exact) mass is 689 g/mol. The van der Waals surface area contributed by atoms with Crippen molar-refractivity contribution in [1.29, 1.82) is 0 Å². The molecule has 6 fully saturated rings. The zero-order chi connectivity index (χ0) is 32.6. The van der Waals surface area contributed by atoms with Gasteiger partial charge in [0.2, 0.25) is 0 Å². The van der Waals surface area contributed by atoms with E-state index in [2.05, 4.69) is 26.1 Å². The molecule has 0 bridgehead atoms. The third-order valence-corrected chi connectivity index (χ3v) is 16.2. The van der Waals surface area contributed by atoms with Gasteiger partial charge in [-0.25, -0.2) is 9.59 Å². The first kappa shape index (κ1) is 32.9. The first-order valence-electron chi connectivity index (χ1n) is 18.4. The Balaban J connectivity index is 0.810. The van der Waals surface area contributed by atoms with Crippen LogP contribution in [0.3, 0.4) is 0 Å². The van der Waals surface area contributed by atoms with Gasteiger partial charge in [-0.1, -0.05) is 68.0 Å². The van der Waals surface area contributed by atoms with Gasteiger partial charge in [-0.2, -0.15) is 0 Å². The fourth-order valence-corrected chi connectivity index (χ4v) is 13.6. The molecule has 2 saturated carbocycles. The average molecular weight is 690 g/mol. The summed E-state index contributed by atoms with van der Waals surface area (Å²) >= 11 is 0. The van der Waals surface area contributed by atoms with Crippen LogP contribution >= 0.6 is 21.6 Å². The van der Waals surface area contributed by atoms with Crippen molar-refractivity contribution >= 4 is 39.4 Å². The summed E-state index contributed by atoms with van der Waals surface area (Å²) in [7, 11) is 4.01. The second-order valence-electron chi connectivity index (χ2n) is 15.8. The Hall–Kier alpha value is -1.27. The number of hydrogen-bond acceptors (Lipinski definition) is 10. The van der Waals surface area contributed by atoms with E-state index in [9.17, 15) is 14.4 Å². The summed E-state index contributed by atoms with van der Waals surface area (Å²) in [5.41, 5.74) is -0.231. The number of nitrogens with one attached hydrogen (secondary N) is 1. The summed E-state index contributed by atoms with van der Waals surface area (Å²) in [5, 5.41) is 3.81. The van der Waals surface area contributed by atoms with Crippen molar-refractivity contribution in [2.75, 3.05) is 18.9 Å². The Labute approximate surface area is 286 Å². The third kappa shape index (κ3) is 5.01. The molecule has 4 saturated heterocycles. The number of carbonyl (C=O) groups excluding carboxylic acids is 3. The fraction of sp³-hybridized carbons (Fsp3) is 0.861. The number of rotatable bonds is 15. The molecular weight excluding hydrogens is 639 g/mol. The second-order valence-corrected chi connectivity index (χ2v) is 18.6. The molecule has 1 unspecified atom stereocenters. The average Bonchev–Trinajstić information content (AvgIpc) is 3.99. The number of epoxide rings is 3. The quantitative estimate of drug-likeness (QED) is 0.0888. The summed E-state index contributed by atoms with van der Waals surface area (Å²) in [6.07, 6.45) is 12.1. The van der Waals surface area contributed by atoms with E-state index < -0.39 is 29.0 Å². The minimum Gasteiger partial charge on any atom is -0.458 e. The number of ether oxygens (including phenoxy) is 5. The van der Waals surface area contributed by atoms with Crippen molar-refractivity contribution in [3.8, 4) is 0 Å². The number of alkyl carbamates (subject to hydrolysis) is 1. The van der Waals surface area contributed by atoms with Gasteiger partial charge in [-0.05, 0) is 68.8 Å². The molecule has 9 nitrogen and oxygen atoms in total. The van der Waals surface area contributed by atoms with Gasteiger partial charge < -0.3 is 29.0 Å². The maximum Gasteiger partial charge on any atom is 0.407 e. The van der Waals surface area contributed by atoms with Gasteiger partial charge in [0.25, 0.3) is 0 Å². The Morgan fingerprint density at radius 2 is 1.81 bits per heavy atom. The van der Waals surface area contributed by atoms with E-state index >= 15 is 0 Å². The molecule has 2 spiro atoms. The number of cyclic esters (lactones) is 1. The van der Waals surface area contributed by atoms with E-state index in [1.807, 2.05) is 21.6 Å². The van der Waals surface area contributed by atoms with Crippen LogP contribution in [0.15, 0.2) is 11.1 Å². The summed E-state index contributed by atoms with van der Waals surface area (Å²) in [6, 6.07) is 0. The minimum atomic E-state index is -0.731. The number of fused-ring (bicyclic) bond motifs is 4. The van der Waals surface area contributed by atoms with Gasteiger partial charge in [0.05, 0.1) is 6.10 Å². The summed E-state index contributed by atoms with van der Waals surface area (Å²) < 4.78 is 31.8. The van der Waals surface area contributed by atoms with E-state index in [4.69, 9.17) is 23.7 Å². The number of carbonyl (C=O) groups is 3. The van der Waals surface area contributed by atoms with Crippen LogP contribution in [0.1, 0.15) is 111 Å². The topological polar surface area (TPSA) is 119 Å². The molecule has 260 valence electrons. The lowest BCUT2D eigenvalue weighted by molar-refractivity contribution is -0.136. The summed E-state index contributed by atoms with van der Waals surface area (Å²) in [4.78, 5) is 38.0. The SMILES string of the molecule is CC(C)[C@]12O[C@H]1[C@@H]1O[C@]13[C@]1(O[C@H]1C[C@H]1C4=C(CC[C@@]13C)C(=O)OC4)[C@@H]2OC(=O)NCCCCCCCC(=O)CCCCC1CCSS1. The molecule has 1 N–H and O–H groups in total. The summed E-state index contributed by atoms with van der Waals surface area (Å²) in [6.45, 7) is 7.47. The highest BCUT2D eigenvalue weighted by Gasteiger charge is 3.01. The van der Waals surface area contributed by atoms with Crippen molar-refractivity contribution in [2.24, 2.45) is 17.3 Å². The van der Waals surface area contributed by atoms with Crippen molar-refractivity contribution in [1.82, 2.24) is 5.32 Å². The Morgan fingerprint density at radius 3 is 2.60 bits per heavy atom. The van der Waals surface area contributed by atoms with Gasteiger partial charge in [-0.3, -0.25) is 4.79 Å². The lowest BCUT2D eigenvalue weighted by atomic mass is 9.46. The zero-order valence-electron chi connectivity index (χ0n) is 28.1. The van der Waals surface area contributed by atoms with Gasteiger partial charge in [0.1, 0.15) is 35.8 Å². The lowest BCUT2D eigenvalue weighted by Crippen LogP contribution is -2.70. The number of amides is 1. The van der Waals surface area contributed by atoms with Crippen molar-refractivity contribution in [3.63, 3.8) is 0 Å². The molecular formula is C36H51NO8S2. The normalized spacial score (nSPS) is 43.2. The molecule has 5 heterocycles. The lowest BCUT2D eigenvalue weighted by Gasteiger charge is -2.53. The van der Waals surface area contributed by atoms with Crippen LogP contribution in [0, 0.1) is 17.3 Å². The van der Waals surface area contributed by atoms with E-state index in [0.29, 0.717) is 31.8 Å². The highest BCUT2D eigenvalue weighted by atomic mass is 33.1. The van der Waals surface area contributed by atoms with Gasteiger partial charge in [-0.15, -0.1) is 0 Å². The van der Waals surface area contributed by atoms with Crippen LogP contribution in [0.4, 0.5) is 4.79 Å². The molecule has 1 amide bonds. The fourth-order valence-electron chi connectivity index (χ4n) is 10.5. The summed E-state index contributed by atoms with van der Waals surface area (Å²) in [5.74, 6) is 1.79. The molecule has 0 aromatic carbocycles. The molecule has 47 heavy (non-hydrogen) atoms. The number of unbranched alkanes of at least 4 members (excludes halogenated alkanes) is 5. The third-order valence-electron chi connectivity index (χ3n) is 13.2. The number of hydrogen-bond donors (Lipinski definition) is 1. The predicted molar refractivity (Wildman–Crippen MR) is 179 cm³/mol. The largest absolute Gasteiger partial charge is 0.458 e. The molecule has 8 aliphatic rings. The molecule has 0 aromatic rings. The Kier molecular flexibility index (Phi) is 8.54. The van der Waals surface area contributed by atoms with Crippen LogP contribution < -0.4 is 5.32 Å². The minimum absolute atomic E-state index is 0.0962. The van der Waals surface area contributed by atoms with Crippen LogP contribution in [-0.4, -0.2) is 83.2 Å². The Morgan fingerprint density at radius 1 is 1.02 bits per heavy atom.